The van der Waals surface area contributed by atoms with Crippen molar-refractivity contribution in [2.75, 3.05) is 6.54 Å². The van der Waals surface area contributed by atoms with E-state index in [0.29, 0.717) is 11.4 Å². The highest BCUT2D eigenvalue weighted by atomic mass is 32.2. The minimum Gasteiger partial charge on any atom is -0.348 e. The number of hydrogen-bond donors (Lipinski definition) is 2. The number of amides is 1. The second-order valence-corrected chi connectivity index (χ2v) is 8.93. The Kier molecular flexibility index (Phi) is 5.35. The summed E-state index contributed by atoms with van der Waals surface area (Å²) in [4.78, 5) is 16.4. The molecule has 2 heterocycles. The average Bonchev–Trinajstić information content (AvgIpc) is 3.35. The summed E-state index contributed by atoms with van der Waals surface area (Å²) in [5.74, 6) is -0.330. The van der Waals surface area contributed by atoms with Gasteiger partial charge in [-0.25, -0.2) is 17.8 Å². The zero-order valence-corrected chi connectivity index (χ0v) is 16.9. The van der Waals surface area contributed by atoms with E-state index in [9.17, 15) is 17.6 Å². The van der Waals surface area contributed by atoms with E-state index in [1.807, 2.05) is 0 Å². The maximum Gasteiger partial charge on any atom is 0.251 e. The molecule has 156 valence electrons. The van der Waals surface area contributed by atoms with E-state index >= 15 is 0 Å². The third-order valence-electron chi connectivity index (χ3n) is 4.96. The molecule has 2 atom stereocenters. The van der Waals surface area contributed by atoms with Crippen LogP contribution in [-0.4, -0.2) is 46.4 Å². The highest BCUT2D eigenvalue weighted by molar-refractivity contribution is 7.89. The van der Waals surface area contributed by atoms with Gasteiger partial charge >= 0.3 is 0 Å². The van der Waals surface area contributed by atoms with Crippen molar-refractivity contribution in [2.24, 2.45) is 0 Å². The molecule has 1 fully saturated rings. The van der Waals surface area contributed by atoms with E-state index in [4.69, 9.17) is 0 Å². The Labute approximate surface area is 173 Å². The van der Waals surface area contributed by atoms with Crippen molar-refractivity contribution in [1.82, 2.24) is 24.8 Å². The van der Waals surface area contributed by atoms with Gasteiger partial charge in [0.1, 0.15) is 16.5 Å². The molecule has 0 bridgehead atoms. The minimum atomic E-state index is -4.18. The van der Waals surface area contributed by atoms with Gasteiger partial charge < -0.3 is 5.32 Å². The second kappa shape index (κ2) is 7.96. The minimum absolute atomic E-state index is 0.0203. The molecule has 10 heteroatoms. The summed E-state index contributed by atoms with van der Waals surface area (Å²) in [6, 6.07) is 12.6. The highest BCUT2D eigenvalue weighted by Gasteiger charge is 2.44. The van der Waals surface area contributed by atoms with Gasteiger partial charge in [-0.15, -0.1) is 0 Å². The number of aromatic amines is 1. The average molecular weight is 429 g/mol. The molecule has 3 aromatic rings. The van der Waals surface area contributed by atoms with Crippen LogP contribution in [0.1, 0.15) is 34.5 Å². The molecule has 2 aromatic carbocycles. The number of H-pyrrole nitrogens is 1. The molecule has 1 aliphatic rings. The number of sulfonamides is 1. The predicted molar refractivity (Wildman–Crippen MR) is 106 cm³/mol. The lowest BCUT2D eigenvalue weighted by Crippen LogP contribution is -2.38. The summed E-state index contributed by atoms with van der Waals surface area (Å²) >= 11 is 0. The van der Waals surface area contributed by atoms with E-state index in [1.165, 1.54) is 18.2 Å². The van der Waals surface area contributed by atoms with Crippen LogP contribution in [0.2, 0.25) is 0 Å². The molecule has 0 unspecified atom stereocenters. The van der Waals surface area contributed by atoms with Crippen LogP contribution >= 0.6 is 0 Å². The number of carbonyl (C=O) groups is 1. The van der Waals surface area contributed by atoms with Crippen LogP contribution in [0.15, 0.2) is 59.5 Å². The number of aromatic nitrogens is 3. The number of nitrogens with one attached hydrogen (secondary N) is 2. The Bertz CT molecular complexity index is 1170. The van der Waals surface area contributed by atoms with Gasteiger partial charge in [-0.05, 0) is 37.6 Å². The van der Waals surface area contributed by atoms with Crippen LogP contribution in [0.5, 0.6) is 0 Å². The molecule has 0 radical (unpaired) electrons. The van der Waals surface area contributed by atoms with Crippen molar-refractivity contribution in [1.29, 1.82) is 0 Å². The van der Waals surface area contributed by atoms with Crippen molar-refractivity contribution in [2.45, 2.75) is 30.3 Å². The van der Waals surface area contributed by atoms with Gasteiger partial charge in [0, 0.05) is 18.2 Å². The van der Waals surface area contributed by atoms with Gasteiger partial charge in [0.15, 0.2) is 5.82 Å². The van der Waals surface area contributed by atoms with Crippen LogP contribution in [-0.2, 0) is 10.0 Å². The van der Waals surface area contributed by atoms with E-state index in [1.54, 1.807) is 37.3 Å². The summed E-state index contributed by atoms with van der Waals surface area (Å²) < 4.78 is 42.0. The van der Waals surface area contributed by atoms with Crippen molar-refractivity contribution in [3.8, 4) is 0 Å². The smallest absolute Gasteiger partial charge is 0.251 e. The molecule has 1 saturated heterocycles. The van der Waals surface area contributed by atoms with E-state index in [-0.39, 0.29) is 24.7 Å². The fourth-order valence-electron chi connectivity index (χ4n) is 3.56. The van der Waals surface area contributed by atoms with E-state index in [0.717, 1.165) is 10.4 Å². The lowest BCUT2D eigenvalue weighted by molar-refractivity contribution is 0.0939. The standard InChI is InChI=1S/C20H20FN5O3S/c1-13-22-19(25-24-13)17-11-15(23-20(27)14-7-3-2-4-8-14)12-26(17)30(28,29)18-10-6-5-9-16(18)21/h2-10,15,17H,11-12H2,1H3,(H,23,27)(H,22,24,25)/t15-,17-/m0/s1. The van der Waals surface area contributed by atoms with Crippen LogP contribution in [0.4, 0.5) is 4.39 Å². The van der Waals surface area contributed by atoms with Crippen LogP contribution in [0.25, 0.3) is 0 Å². The largest absolute Gasteiger partial charge is 0.348 e. The number of carbonyl (C=O) groups excluding carboxylic acids is 1. The number of rotatable bonds is 5. The Morgan fingerprint density at radius 1 is 1.17 bits per heavy atom. The summed E-state index contributed by atoms with van der Waals surface area (Å²) in [5, 5.41) is 9.67. The molecule has 8 nitrogen and oxygen atoms in total. The number of hydrogen-bond acceptors (Lipinski definition) is 5. The highest BCUT2D eigenvalue weighted by Crippen LogP contribution is 2.36. The number of benzene rings is 2. The van der Waals surface area contributed by atoms with E-state index < -0.39 is 32.8 Å². The third kappa shape index (κ3) is 3.83. The first-order valence-electron chi connectivity index (χ1n) is 9.37. The molecule has 30 heavy (non-hydrogen) atoms. The van der Waals surface area contributed by atoms with Crippen LogP contribution in [0, 0.1) is 12.7 Å². The lowest BCUT2D eigenvalue weighted by atomic mass is 10.1. The summed E-state index contributed by atoms with van der Waals surface area (Å²) in [6.07, 6.45) is 0.267. The fourth-order valence-corrected chi connectivity index (χ4v) is 5.27. The monoisotopic (exact) mass is 429 g/mol. The number of nitrogens with zero attached hydrogens (tertiary/aromatic N) is 3. The SMILES string of the molecule is Cc1nc([C@@H]2C[C@H](NC(=O)c3ccccc3)CN2S(=O)(=O)c2ccccc2F)n[nH]1. The Morgan fingerprint density at radius 3 is 2.53 bits per heavy atom. The van der Waals surface area contributed by atoms with Gasteiger partial charge in [-0.2, -0.15) is 9.40 Å². The van der Waals surface area contributed by atoms with Gasteiger partial charge in [0.05, 0.1) is 6.04 Å². The molecular weight excluding hydrogens is 409 g/mol. The van der Waals surface area contributed by atoms with Gasteiger partial charge in [0.2, 0.25) is 10.0 Å². The maximum atomic E-state index is 14.3. The first-order valence-corrected chi connectivity index (χ1v) is 10.8. The molecule has 1 amide bonds. The fraction of sp³-hybridized carbons (Fsp3) is 0.250. The molecule has 2 N–H and O–H groups in total. The quantitative estimate of drug-likeness (QED) is 0.646. The maximum absolute atomic E-state index is 14.3. The third-order valence-corrected chi connectivity index (χ3v) is 6.87. The molecule has 1 aromatic heterocycles. The number of aryl methyl sites for hydroxylation is 1. The zero-order valence-electron chi connectivity index (χ0n) is 16.1. The molecule has 0 aliphatic carbocycles. The summed E-state index contributed by atoms with van der Waals surface area (Å²) in [5.41, 5.74) is 0.471. The second-order valence-electron chi connectivity index (χ2n) is 7.07. The predicted octanol–water partition coefficient (Wildman–Crippen LogP) is 2.19. The van der Waals surface area contributed by atoms with Gasteiger partial charge in [-0.1, -0.05) is 30.3 Å². The number of halogens is 1. The zero-order chi connectivity index (χ0) is 21.3. The Hall–Kier alpha value is -3.11. The van der Waals surface area contributed by atoms with E-state index in [2.05, 4.69) is 20.5 Å². The Morgan fingerprint density at radius 2 is 1.87 bits per heavy atom. The normalized spacial score (nSPS) is 19.7. The van der Waals surface area contributed by atoms with Crippen molar-refractivity contribution in [3.63, 3.8) is 0 Å². The van der Waals surface area contributed by atoms with Crippen LogP contribution in [0.3, 0.4) is 0 Å². The summed E-state index contributed by atoms with van der Waals surface area (Å²) in [7, 11) is -4.18. The summed E-state index contributed by atoms with van der Waals surface area (Å²) in [6.45, 7) is 1.68. The topological polar surface area (TPSA) is 108 Å². The van der Waals surface area contributed by atoms with Crippen molar-refractivity contribution < 1.29 is 17.6 Å². The molecule has 0 spiro atoms. The van der Waals surface area contributed by atoms with Crippen molar-refractivity contribution in [3.05, 3.63) is 77.6 Å². The molecule has 1 aliphatic heterocycles. The Balaban J connectivity index is 1.65. The molecule has 0 saturated carbocycles. The first-order chi connectivity index (χ1) is 14.4. The molecule has 4 rings (SSSR count). The van der Waals surface area contributed by atoms with Crippen molar-refractivity contribution >= 4 is 15.9 Å². The lowest BCUT2D eigenvalue weighted by Gasteiger charge is -2.22. The van der Waals surface area contributed by atoms with Gasteiger partial charge in [-0.3, -0.25) is 9.89 Å². The van der Waals surface area contributed by atoms with Crippen LogP contribution < -0.4 is 5.32 Å². The molecular formula is C20H20FN5O3S. The first kappa shape index (κ1) is 20.2. The van der Waals surface area contributed by atoms with Gasteiger partial charge in [0.25, 0.3) is 5.91 Å².